The fourth-order valence-corrected chi connectivity index (χ4v) is 3.61. The maximum atomic E-state index is 11.9. The maximum absolute atomic E-state index is 11.9. The molecule has 1 heterocycles. The third-order valence-electron chi connectivity index (χ3n) is 4.56. The summed E-state index contributed by atoms with van der Waals surface area (Å²) in [6.45, 7) is 3.92. The molecule has 0 spiro atoms. The van der Waals surface area contributed by atoms with E-state index in [1.165, 1.54) is 24.3 Å². The summed E-state index contributed by atoms with van der Waals surface area (Å²) in [4.78, 5) is 46.9. The van der Waals surface area contributed by atoms with Gasteiger partial charge in [-0.25, -0.2) is 0 Å². The van der Waals surface area contributed by atoms with Crippen LogP contribution in [0.4, 0.5) is 0 Å². The van der Waals surface area contributed by atoms with E-state index >= 15 is 0 Å². The van der Waals surface area contributed by atoms with Crippen molar-refractivity contribution in [2.75, 3.05) is 12.9 Å². The lowest BCUT2D eigenvalue weighted by Crippen LogP contribution is -2.63. The smallest absolute Gasteiger partial charge is 0.303 e. The van der Waals surface area contributed by atoms with Crippen molar-refractivity contribution in [2.45, 2.75) is 65.0 Å². The number of hydrogen-bond acceptors (Lipinski definition) is 13. The Morgan fingerprint density at radius 2 is 1.33 bits per heavy atom. The summed E-state index contributed by atoms with van der Waals surface area (Å²) in [7, 11) is -3.63. The predicted octanol–water partition coefficient (Wildman–Crippen LogP) is 0.625. The molecule has 14 heteroatoms. The van der Waals surface area contributed by atoms with Gasteiger partial charge in [0, 0.05) is 27.7 Å². The van der Waals surface area contributed by atoms with Crippen molar-refractivity contribution in [2.24, 2.45) is 0 Å². The van der Waals surface area contributed by atoms with Crippen LogP contribution in [0.1, 0.15) is 33.3 Å². The average molecular weight is 533 g/mol. The Kier molecular flexibility index (Phi) is 10.2. The van der Waals surface area contributed by atoms with Gasteiger partial charge < -0.3 is 28.4 Å². The molecule has 1 fully saturated rings. The SMILES string of the molecule is CC(=O)OC[C@H]1O[C@@H](Oc2ccc(COS(C)(=O)=O)cc2)[C@H](OC(C)=O)[C@@H](OC(C)=O)[C@H]1OC(C)=O. The average Bonchev–Trinajstić information content (AvgIpc) is 2.74. The summed E-state index contributed by atoms with van der Waals surface area (Å²) >= 11 is 0. The van der Waals surface area contributed by atoms with Crippen molar-refractivity contribution in [3.05, 3.63) is 29.8 Å². The first-order valence-electron chi connectivity index (χ1n) is 10.7. The largest absolute Gasteiger partial charge is 0.463 e. The normalized spacial score (nSPS) is 23.8. The zero-order valence-electron chi connectivity index (χ0n) is 20.3. The standard InChI is InChI=1S/C22H28O13S/c1-12(23)29-11-18-19(31-13(2)24)20(32-14(3)25)21(33-15(4)26)22(35-18)34-17-8-6-16(7-9-17)10-30-36(5,27)28/h6-9,18-22H,10-11H2,1-5H3/t18-,19+,20+,21-,22-/m1/s1. The van der Waals surface area contributed by atoms with Gasteiger partial charge in [-0.2, -0.15) is 8.42 Å². The first kappa shape index (κ1) is 29.0. The van der Waals surface area contributed by atoms with E-state index < -0.39 is 64.7 Å². The Bertz CT molecular complexity index is 1050. The molecule has 0 aromatic heterocycles. The molecule has 13 nitrogen and oxygen atoms in total. The first-order chi connectivity index (χ1) is 16.7. The topological polar surface area (TPSA) is 167 Å². The third kappa shape index (κ3) is 9.43. The van der Waals surface area contributed by atoms with Crippen LogP contribution in [0.3, 0.4) is 0 Å². The van der Waals surface area contributed by atoms with E-state index in [4.69, 9.17) is 32.6 Å². The monoisotopic (exact) mass is 532 g/mol. The van der Waals surface area contributed by atoms with Gasteiger partial charge in [-0.05, 0) is 17.7 Å². The summed E-state index contributed by atoms with van der Waals surface area (Å²) in [5, 5.41) is 0. The number of ether oxygens (including phenoxy) is 6. The van der Waals surface area contributed by atoms with Crippen molar-refractivity contribution in [3.63, 3.8) is 0 Å². The molecule has 0 aliphatic carbocycles. The highest BCUT2D eigenvalue weighted by molar-refractivity contribution is 7.85. The van der Waals surface area contributed by atoms with Gasteiger partial charge in [-0.3, -0.25) is 23.4 Å². The minimum Gasteiger partial charge on any atom is -0.463 e. The van der Waals surface area contributed by atoms with Crippen LogP contribution in [0, 0.1) is 0 Å². The van der Waals surface area contributed by atoms with Crippen LogP contribution in [0.5, 0.6) is 5.75 Å². The molecule has 0 radical (unpaired) electrons. The molecule has 2 rings (SSSR count). The number of esters is 4. The summed E-state index contributed by atoms with van der Waals surface area (Å²) in [5.74, 6) is -2.71. The molecule has 1 aromatic rings. The van der Waals surface area contributed by atoms with Gasteiger partial charge in [-0.1, -0.05) is 12.1 Å². The van der Waals surface area contributed by atoms with Crippen molar-refractivity contribution in [1.82, 2.24) is 0 Å². The van der Waals surface area contributed by atoms with E-state index in [-0.39, 0.29) is 19.0 Å². The van der Waals surface area contributed by atoms with Crippen LogP contribution < -0.4 is 4.74 Å². The van der Waals surface area contributed by atoms with Crippen molar-refractivity contribution < 1.29 is 60.2 Å². The van der Waals surface area contributed by atoms with E-state index in [9.17, 15) is 27.6 Å². The molecule has 200 valence electrons. The zero-order chi connectivity index (χ0) is 27.0. The molecule has 1 aromatic carbocycles. The number of carbonyl (C=O) groups is 4. The van der Waals surface area contributed by atoms with Crippen molar-refractivity contribution in [3.8, 4) is 5.75 Å². The Morgan fingerprint density at radius 1 is 0.806 bits per heavy atom. The molecule has 0 bridgehead atoms. The Hall–Kier alpha value is -3.23. The molecule has 0 unspecified atom stereocenters. The Labute approximate surface area is 208 Å². The van der Waals surface area contributed by atoms with Gasteiger partial charge in [-0.15, -0.1) is 0 Å². The van der Waals surface area contributed by atoms with Crippen LogP contribution in [-0.4, -0.2) is 75.9 Å². The van der Waals surface area contributed by atoms with Gasteiger partial charge in [0.2, 0.25) is 12.4 Å². The highest BCUT2D eigenvalue weighted by Gasteiger charge is 2.53. The van der Waals surface area contributed by atoms with E-state index in [1.807, 2.05) is 0 Å². The molecule has 1 saturated heterocycles. The quantitative estimate of drug-likeness (QED) is 0.234. The molecule has 5 atom stereocenters. The second-order valence-corrected chi connectivity index (χ2v) is 9.44. The number of rotatable bonds is 10. The predicted molar refractivity (Wildman–Crippen MR) is 119 cm³/mol. The van der Waals surface area contributed by atoms with Crippen LogP contribution in [0.25, 0.3) is 0 Å². The lowest BCUT2D eigenvalue weighted by molar-refractivity contribution is -0.288. The summed E-state index contributed by atoms with van der Waals surface area (Å²) in [6, 6.07) is 6.03. The minimum absolute atomic E-state index is 0.196. The fraction of sp³-hybridized carbons (Fsp3) is 0.545. The number of benzene rings is 1. The lowest BCUT2D eigenvalue weighted by atomic mass is 9.98. The maximum Gasteiger partial charge on any atom is 0.303 e. The van der Waals surface area contributed by atoms with E-state index in [1.54, 1.807) is 0 Å². The van der Waals surface area contributed by atoms with Crippen molar-refractivity contribution >= 4 is 34.0 Å². The van der Waals surface area contributed by atoms with Crippen molar-refractivity contribution in [1.29, 1.82) is 0 Å². The molecule has 0 amide bonds. The molecular weight excluding hydrogens is 504 g/mol. The highest BCUT2D eigenvalue weighted by Crippen LogP contribution is 2.31. The summed E-state index contributed by atoms with van der Waals surface area (Å²) < 4.78 is 59.8. The minimum atomic E-state index is -3.63. The first-order valence-corrected chi connectivity index (χ1v) is 12.5. The molecule has 0 saturated carbocycles. The van der Waals surface area contributed by atoms with Gasteiger partial charge in [0.15, 0.2) is 12.2 Å². The van der Waals surface area contributed by atoms with Gasteiger partial charge >= 0.3 is 23.9 Å². The lowest BCUT2D eigenvalue weighted by Gasteiger charge is -2.43. The second kappa shape index (κ2) is 12.6. The van der Waals surface area contributed by atoms with Gasteiger partial charge in [0.05, 0.1) is 12.9 Å². The van der Waals surface area contributed by atoms with Gasteiger partial charge in [0.1, 0.15) is 18.5 Å². The third-order valence-corrected chi connectivity index (χ3v) is 5.11. The van der Waals surface area contributed by atoms with E-state index in [0.717, 1.165) is 34.0 Å². The highest BCUT2D eigenvalue weighted by atomic mass is 32.2. The van der Waals surface area contributed by atoms with Gasteiger partial charge in [0.25, 0.3) is 10.1 Å². The summed E-state index contributed by atoms with van der Waals surface area (Å²) in [6.07, 6.45) is -5.65. The van der Waals surface area contributed by atoms with Crippen LogP contribution >= 0.6 is 0 Å². The molecule has 1 aliphatic rings. The van der Waals surface area contributed by atoms with Crippen LogP contribution in [0.15, 0.2) is 24.3 Å². The summed E-state index contributed by atoms with van der Waals surface area (Å²) in [5.41, 5.74) is 0.523. The van der Waals surface area contributed by atoms with Crippen LogP contribution in [0.2, 0.25) is 0 Å². The molecule has 36 heavy (non-hydrogen) atoms. The number of hydrogen-bond donors (Lipinski definition) is 0. The zero-order valence-corrected chi connectivity index (χ0v) is 21.1. The molecule has 0 N–H and O–H groups in total. The Morgan fingerprint density at radius 3 is 1.83 bits per heavy atom. The van der Waals surface area contributed by atoms with E-state index in [0.29, 0.717) is 5.56 Å². The number of carbonyl (C=O) groups excluding carboxylic acids is 4. The molecular formula is C22H28O13S. The van der Waals surface area contributed by atoms with Crippen LogP contribution in [-0.2, 0) is 63.8 Å². The van der Waals surface area contributed by atoms with E-state index in [2.05, 4.69) is 0 Å². The Balaban J connectivity index is 2.36. The second-order valence-electron chi connectivity index (χ2n) is 7.80. The molecule has 1 aliphatic heterocycles. The fourth-order valence-electron chi connectivity index (χ4n) is 3.26.